The molecule has 2 N–H and O–H groups in total. The fourth-order valence-electron chi connectivity index (χ4n) is 1.73. The molecule has 0 aliphatic heterocycles. The van der Waals surface area contributed by atoms with Crippen molar-refractivity contribution in [2.24, 2.45) is 0 Å². The van der Waals surface area contributed by atoms with Crippen LogP contribution in [0, 0.1) is 6.92 Å². The molecule has 0 aromatic carbocycles. The molecule has 0 saturated heterocycles. The molecular weight excluding hydrogens is 300 g/mol. The monoisotopic (exact) mass is 320 g/mol. The van der Waals surface area contributed by atoms with Crippen LogP contribution in [0.2, 0.25) is 0 Å². The van der Waals surface area contributed by atoms with E-state index in [-0.39, 0.29) is 11.9 Å². The second-order valence-corrected chi connectivity index (χ2v) is 6.48. The Labute approximate surface area is 133 Å². The summed E-state index contributed by atoms with van der Waals surface area (Å²) in [5.74, 6) is 0.774. The number of aromatic nitrogens is 3. The van der Waals surface area contributed by atoms with Crippen LogP contribution in [0.15, 0.2) is 18.6 Å². The fraction of sp³-hybridized carbons (Fsp3) is 0.429. The molecule has 0 aliphatic rings. The van der Waals surface area contributed by atoms with Gasteiger partial charge in [-0.1, -0.05) is 6.92 Å². The van der Waals surface area contributed by atoms with Crippen LogP contribution in [0.5, 0.6) is 0 Å². The van der Waals surface area contributed by atoms with Crippen molar-refractivity contribution in [3.8, 4) is 0 Å². The lowest BCUT2D eigenvalue weighted by Gasteiger charge is -2.12. The Bertz CT molecular complexity index is 625. The van der Waals surface area contributed by atoms with Crippen molar-refractivity contribution >= 4 is 29.0 Å². The summed E-state index contributed by atoms with van der Waals surface area (Å²) in [6, 6.07) is -0.277. The van der Waals surface area contributed by atoms with Gasteiger partial charge in [0.1, 0.15) is 0 Å². The van der Waals surface area contributed by atoms with E-state index in [1.165, 1.54) is 4.88 Å². The Morgan fingerprint density at radius 1 is 1.27 bits per heavy atom. The molecule has 2 amide bonds. The largest absolute Gasteiger partial charge is 0.347 e. The Kier molecular flexibility index (Phi) is 5.26. The highest BCUT2D eigenvalue weighted by Crippen LogP contribution is 2.20. The van der Waals surface area contributed by atoms with Crippen molar-refractivity contribution < 1.29 is 4.79 Å². The van der Waals surface area contributed by atoms with Gasteiger partial charge in [-0.25, -0.2) is 19.7 Å². The highest BCUT2D eigenvalue weighted by atomic mass is 32.1. The number of carbonyl (C=O) groups is 1. The number of nitrogens with zero attached hydrogens (tertiary/aromatic N) is 4. The molecule has 0 saturated carbocycles. The van der Waals surface area contributed by atoms with Gasteiger partial charge in [0, 0.05) is 37.6 Å². The van der Waals surface area contributed by atoms with E-state index in [1.807, 2.05) is 34.1 Å². The molecule has 22 heavy (non-hydrogen) atoms. The highest BCUT2D eigenvalue weighted by molar-refractivity contribution is 7.11. The van der Waals surface area contributed by atoms with E-state index in [0.29, 0.717) is 18.2 Å². The topological polar surface area (TPSA) is 83.0 Å². The summed E-state index contributed by atoms with van der Waals surface area (Å²) in [5.41, 5.74) is 0.556. The highest BCUT2D eigenvalue weighted by Gasteiger charge is 2.11. The molecule has 0 fully saturated rings. The van der Waals surface area contributed by atoms with E-state index in [0.717, 1.165) is 5.01 Å². The first kappa shape index (κ1) is 16.2. The third-order valence-corrected chi connectivity index (χ3v) is 4.07. The molecule has 0 spiro atoms. The van der Waals surface area contributed by atoms with Crippen LogP contribution in [0.4, 0.5) is 16.4 Å². The summed E-state index contributed by atoms with van der Waals surface area (Å²) in [5, 5.41) is 6.56. The van der Waals surface area contributed by atoms with E-state index in [9.17, 15) is 4.79 Å². The predicted molar refractivity (Wildman–Crippen MR) is 88.6 cm³/mol. The van der Waals surface area contributed by atoms with Gasteiger partial charge in [-0.05, 0) is 6.92 Å². The van der Waals surface area contributed by atoms with E-state index in [4.69, 9.17) is 0 Å². The molecule has 2 aromatic rings. The quantitative estimate of drug-likeness (QED) is 0.883. The van der Waals surface area contributed by atoms with Crippen LogP contribution in [0.25, 0.3) is 0 Å². The number of aryl methyl sites for hydroxylation is 1. The first-order valence-corrected chi connectivity index (χ1v) is 7.74. The minimum atomic E-state index is -0.277. The maximum absolute atomic E-state index is 11.9. The van der Waals surface area contributed by atoms with E-state index in [1.54, 1.807) is 28.6 Å². The summed E-state index contributed by atoms with van der Waals surface area (Å²) in [6.45, 7) is 4.58. The lowest BCUT2D eigenvalue weighted by atomic mass is 10.2. The van der Waals surface area contributed by atoms with Crippen LogP contribution >= 0.6 is 11.3 Å². The molecular formula is C14H20N6OS. The molecule has 7 nitrogen and oxygen atoms in total. The van der Waals surface area contributed by atoms with Gasteiger partial charge in [-0.15, -0.1) is 11.3 Å². The Morgan fingerprint density at radius 3 is 2.50 bits per heavy atom. The van der Waals surface area contributed by atoms with Gasteiger partial charge in [0.25, 0.3) is 0 Å². The second-order valence-electron chi connectivity index (χ2n) is 5.21. The summed E-state index contributed by atoms with van der Waals surface area (Å²) >= 11 is 1.65. The average Bonchev–Trinajstić information content (AvgIpc) is 2.92. The van der Waals surface area contributed by atoms with Crippen molar-refractivity contribution in [3.63, 3.8) is 0 Å². The van der Waals surface area contributed by atoms with Gasteiger partial charge in [0.2, 0.25) is 5.95 Å². The molecule has 1 atom stereocenters. The number of urea groups is 1. The van der Waals surface area contributed by atoms with Gasteiger partial charge >= 0.3 is 6.03 Å². The lowest BCUT2D eigenvalue weighted by molar-refractivity contribution is 0.251. The number of hydrogen-bond acceptors (Lipinski definition) is 6. The number of thiazole rings is 1. The fourth-order valence-corrected chi connectivity index (χ4v) is 2.55. The molecule has 8 heteroatoms. The first-order valence-electron chi connectivity index (χ1n) is 6.92. The lowest BCUT2D eigenvalue weighted by Crippen LogP contribution is -2.31. The van der Waals surface area contributed by atoms with E-state index in [2.05, 4.69) is 25.6 Å². The standard InChI is InChI=1S/C14H20N6OS/c1-9(12-15-6-10(2)22-12)5-18-14(21)19-11-7-16-13(17-8-11)20(3)4/h6-9H,5H2,1-4H3,(H2,18,19,21)/t9-/m1/s1. The molecule has 0 aliphatic carbocycles. The van der Waals surface area contributed by atoms with Gasteiger partial charge in [-0.3, -0.25) is 0 Å². The molecule has 0 unspecified atom stereocenters. The van der Waals surface area contributed by atoms with Crippen molar-refractivity contribution in [1.29, 1.82) is 0 Å². The van der Waals surface area contributed by atoms with Gasteiger partial charge < -0.3 is 15.5 Å². The molecule has 2 rings (SSSR count). The number of carbonyl (C=O) groups excluding carboxylic acids is 1. The van der Waals surface area contributed by atoms with Gasteiger partial charge in [0.15, 0.2) is 0 Å². The molecule has 2 aromatic heterocycles. The number of amides is 2. The number of rotatable bonds is 5. The molecule has 2 heterocycles. The maximum atomic E-state index is 11.9. The first-order chi connectivity index (χ1) is 10.5. The van der Waals surface area contributed by atoms with Crippen LogP contribution in [-0.2, 0) is 0 Å². The summed E-state index contributed by atoms with van der Waals surface area (Å²) in [7, 11) is 3.72. The second kappa shape index (κ2) is 7.17. The minimum absolute atomic E-state index is 0.178. The third-order valence-electron chi connectivity index (χ3n) is 2.93. The zero-order valence-electron chi connectivity index (χ0n) is 13.1. The van der Waals surface area contributed by atoms with Crippen LogP contribution in [0.1, 0.15) is 22.7 Å². The SMILES string of the molecule is Cc1cnc([C@H](C)CNC(=O)Nc2cnc(N(C)C)nc2)s1. The Morgan fingerprint density at radius 2 is 1.95 bits per heavy atom. The summed E-state index contributed by atoms with van der Waals surface area (Å²) in [4.78, 5) is 27.4. The van der Waals surface area contributed by atoms with Crippen LogP contribution in [0.3, 0.4) is 0 Å². The van der Waals surface area contributed by atoms with Crippen molar-refractivity contribution in [2.45, 2.75) is 19.8 Å². The normalized spacial score (nSPS) is 11.8. The smallest absolute Gasteiger partial charge is 0.319 e. The molecule has 0 radical (unpaired) electrons. The van der Waals surface area contributed by atoms with Crippen LogP contribution < -0.4 is 15.5 Å². The van der Waals surface area contributed by atoms with Crippen LogP contribution in [-0.4, -0.2) is 41.6 Å². The van der Waals surface area contributed by atoms with Crippen molar-refractivity contribution in [1.82, 2.24) is 20.3 Å². The number of anilines is 2. The van der Waals surface area contributed by atoms with Crippen molar-refractivity contribution in [3.05, 3.63) is 28.5 Å². The van der Waals surface area contributed by atoms with Gasteiger partial charge in [0.05, 0.1) is 23.1 Å². The predicted octanol–water partition coefficient (Wildman–Crippen LogP) is 2.23. The van der Waals surface area contributed by atoms with Gasteiger partial charge in [-0.2, -0.15) is 0 Å². The minimum Gasteiger partial charge on any atom is -0.347 e. The molecule has 118 valence electrons. The summed E-state index contributed by atoms with van der Waals surface area (Å²) in [6.07, 6.45) is 5.01. The van der Waals surface area contributed by atoms with E-state index < -0.39 is 0 Å². The third kappa shape index (κ3) is 4.39. The molecule has 0 bridgehead atoms. The summed E-state index contributed by atoms with van der Waals surface area (Å²) < 4.78 is 0. The maximum Gasteiger partial charge on any atom is 0.319 e. The van der Waals surface area contributed by atoms with E-state index >= 15 is 0 Å². The zero-order valence-corrected chi connectivity index (χ0v) is 13.9. The zero-order chi connectivity index (χ0) is 16.1. The average molecular weight is 320 g/mol. The Balaban J connectivity index is 1.82. The number of nitrogens with one attached hydrogen (secondary N) is 2. The van der Waals surface area contributed by atoms with Crippen molar-refractivity contribution in [2.75, 3.05) is 30.9 Å². The number of hydrogen-bond donors (Lipinski definition) is 2. The Hall–Kier alpha value is -2.22.